The number of benzene rings is 1. The van der Waals surface area contributed by atoms with E-state index in [0.29, 0.717) is 23.3 Å². The fourth-order valence-corrected chi connectivity index (χ4v) is 1.52. The van der Waals surface area contributed by atoms with E-state index in [1.54, 1.807) is 6.07 Å². The van der Waals surface area contributed by atoms with Crippen molar-refractivity contribution in [2.75, 3.05) is 20.8 Å². The molecule has 0 fully saturated rings. The highest BCUT2D eigenvalue weighted by atomic mass is 16.5. The van der Waals surface area contributed by atoms with Gasteiger partial charge in [0, 0.05) is 12.0 Å². The van der Waals surface area contributed by atoms with Crippen LogP contribution >= 0.6 is 0 Å². The summed E-state index contributed by atoms with van der Waals surface area (Å²) < 4.78 is 10.1. The van der Waals surface area contributed by atoms with Gasteiger partial charge in [-0.3, -0.25) is 9.59 Å². The molecule has 1 aromatic carbocycles. The SMILES string of the molecule is COc1cc(C(=O)CCN)cc(C=O)c1OC. The van der Waals surface area contributed by atoms with Crippen LogP contribution in [0.3, 0.4) is 0 Å². The number of carbonyl (C=O) groups is 2. The second-order valence-electron chi connectivity index (χ2n) is 3.38. The molecular weight excluding hydrogens is 222 g/mol. The number of carbonyl (C=O) groups excluding carboxylic acids is 2. The van der Waals surface area contributed by atoms with Crippen LogP contribution in [0, 0.1) is 0 Å². The number of rotatable bonds is 6. The molecule has 0 saturated heterocycles. The van der Waals surface area contributed by atoms with Gasteiger partial charge in [-0.2, -0.15) is 0 Å². The Morgan fingerprint density at radius 1 is 1.35 bits per heavy atom. The summed E-state index contributed by atoms with van der Waals surface area (Å²) in [6.07, 6.45) is 0.856. The maximum atomic E-state index is 11.7. The number of methoxy groups -OCH3 is 2. The highest BCUT2D eigenvalue weighted by molar-refractivity contribution is 5.99. The molecule has 0 bridgehead atoms. The van der Waals surface area contributed by atoms with Crippen LogP contribution in [0.15, 0.2) is 12.1 Å². The van der Waals surface area contributed by atoms with Crippen molar-refractivity contribution in [1.82, 2.24) is 0 Å². The Hall–Kier alpha value is -1.88. The lowest BCUT2D eigenvalue weighted by Gasteiger charge is -2.11. The van der Waals surface area contributed by atoms with Crippen LogP contribution in [0.5, 0.6) is 11.5 Å². The zero-order valence-electron chi connectivity index (χ0n) is 9.86. The van der Waals surface area contributed by atoms with E-state index in [4.69, 9.17) is 15.2 Å². The van der Waals surface area contributed by atoms with E-state index in [1.807, 2.05) is 0 Å². The Labute approximate surface area is 99.5 Å². The van der Waals surface area contributed by atoms with Crippen molar-refractivity contribution in [2.24, 2.45) is 5.73 Å². The van der Waals surface area contributed by atoms with Gasteiger partial charge in [0.05, 0.1) is 19.8 Å². The lowest BCUT2D eigenvalue weighted by molar-refractivity contribution is 0.0985. The predicted octanol–water partition coefficient (Wildman–Crippen LogP) is 1.05. The molecule has 0 atom stereocenters. The van der Waals surface area contributed by atoms with Gasteiger partial charge >= 0.3 is 0 Å². The third-order valence-corrected chi connectivity index (χ3v) is 2.33. The van der Waals surface area contributed by atoms with Crippen LogP contribution < -0.4 is 15.2 Å². The Bertz CT molecular complexity index is 429. The van der Waals surface area contributed by atoms with Crippen molar-refractivity contribution in [3.8, 4) is 11.5 Å². The van der Waals surface area contributed by atoms with Crippen molar-refractivity contribution in [3.63, 3.8) is 0 Å². The number of ketones is 1. The molecule has 5 nitrogen and oxygen atoms in total. The molecule has 0 aliphatic heterocycles. The summed E-state index contributed by atoms with van der Waals surface area (Å²) in [5.41, 5.74) is 6.00. The molecule has 0 unspecified atom stereocenters. The number of Topliss-reactive ketones (excluding diaryl/α,β-unsaturated/α-hetero) is 1. The van der Waals surface area contributed by atoms with Crippen LogP contribution in [0.2, 0.25) is 0 Å². The molecule has 0 saturated carbocycles. The first-order chi connectivity index (χ1) is 8.17. The molecule has 0 aliphatic carbocycles. The van der Waals surface area contributed by atoms with Gasteiger partial charge in [0.15, 0.2) is 23.6 Å². The topological polar surface area (TPSA) is 78.6 Å². The van der Waals surface area contributed by atoms with Gasteiger partial charge in [-0.15, -0.1) is 0 Å². The van der Waals surface area contributed by atoms with Gasteiger partial charge in [-0.1, -0.05) is 0 Å². The van der Waals surface area contributed by atoms with Crippen molar-refractivity contribution >= 4 is 12.1 Å². The molecule has 5 heteroatoms. The second kappa shape index (κ2) is 6.00. The van der Waals surface area contributed by atoms with Crippen molar-refractivity contribution in [1.29, 1.82) is 0 Å². The van der Waals surface area contributed by atoms with Crippen LogP contribution in [-0.2, 0) is 0 Å². The minimum absolute atomic E-state index is 0.128. The summed E-state index contributed by atoms with van der Waals surface area (Å²) in [5, 5.41) is 0. The Balaban J connectivity index is 3.26. The van der Waals surface area contributed by atoms with Crippen LogP contribution in [0.25, 0.3) is 0 Å². The maximum absolute atomic E-state index is 11.7. The molecule has 0 aromatic heterocycles. The molecule has 92 valence electrons. The summed E-state index contributed by atoms with van der Waals surface area (Å²) in [6, 6.07) is 3.02. The van der Waals surface area contributed by atoms with Crippen molar-refractivity contribution in [2.45, 2.75) is 6.42 Å². The fourth-order valence-electron chi connectivity index (χ4n) is 1.52. The summed E-state index contributed by atoms with van der Waals surface area (Å²) in [7, 11) is 2.88. The van der Waals surface area contributed by atoms with Gasteiger partial charge in [-0.05, 0) is 18.7 Å². The van der Waals surface area contributed by atoms with E-state index in [0.717, 1.165) is 0 Å². The average Bonchev–Trinajstić information content (AvgIpc) is 2.37. The molecule has 0 spiro atoms. The minimum Gasteiger partial charge on any atom is -0.493 e. The van der Waals surface area contributed by atoms with Crippen LogP contribution in [0.1, 0.15) is 27.1 Å². The van der Waals surface area contributed by atoms with Crippen LogP contribution in [0.4, 0.5) is 0 Å². The van der Waals surface area contributed by atoms with E-state index in [9.17, 15) is 9.59 Å². The van der Waals surface area contributed by atoms with Crippen molar-refractivity contribution in [3.05, 3.63) is 23.3 Å². The van der Waals surface area contributed by atoms with E-state index >= 15 is 0 Å². The van der Waals surface area contributed by atoms with Gasteiger partial charge in [0.2, 0.25) is 0 Å². The van der Waals surface area contributed by atoms with Gasteiger partial charge in [-0.25, -0.2) is 0 Å². The summed E-state index contributed by atoms with van der Waals surface area (Å²) in [5.74, 6) is 0.556. The van der Waals surface area contributed by atoms with Gasteiger partial charge in [0.25, 0.3) is 0 Å². The van der Waals surface area contributed by atoms with Gasteiger partial charge < -0.3 is 15.2 Å². The van der Waals surface area contributed by atoms with Gasteiger partial charge in [0.1, 0.15) is 0 Å². The first-order valence-electron chi connectivity index (χ1n) is 5.12. The molecule has 0 amide bonds. The Morgan fingerprint density at radius 2 is 2.06 bits per heavy atom. The predicted molar refractivity (Wildman–Crippen MR) is 62.9 cm³/mol. The molecular formula is C12H15NO4. The average molecular weight is 237 g/mol. The number of hydrogen-bond acceptors (Lipinski definition) is 5. The molecule has 1 rings (SSSR count). The molecule has 2 N–H and O–H groups in total. The molecule has 0 heterocycles. The number of nitrogens with two attached hydrogens (primary N) is 1. The smallest absolute Gasteiger partial charge is 0.171 e. The molecule has 1 aromatic rings. The first kappa shape index (κ1) is 13.2. The van der Waals surface area contributed by atoms with E-state index < -0.39 is 0 Å². The monoisotopic (exact) mass is 237 g/mol. The zero-order chi connectivity index (χ0) is 12.8. The summed E-state index contributed by atoms with van der Waals surface area (Å²) >= 11 is 0. The van der Waals surface area contributed by atoms with Crippen LogP contribution in [-0.4, -0.2) is 32.8 Å². The first-order valence-corrected chi connectivity index (χ1v) is 5.12. The Morgan fingerprint density at radius 3 is 2.53 bits per heavy atom. The molecule has 17 heavy (non-hydrogen) atoms. The summed E-state index contributed by atoms with van der Waals surface area (Å²) in [6.45, 7) is 0.267. The highest BCUT2D eigenvalue weighted by Gasteiger charge is 2.15. The number of aldehydes is 1. The van der Waals surface area contributed by atoms with E-state index in [-0.39, 0.29) is 24.3 Å². The third-order valence-electron chi connectivity index (χ3n) is 2.33. The number of ether oxygens (including phenoxy) is 2. The number of hydrogen-bond donors (Lipinski definition) is 1. The zero-order valence-corrected chi connectivity index (χ0v) is 9.86. The molecule has 0 radical (unpaired) electrons. The normalized spacial score (nSPS) is 9.82. The largest absolute Gasteiger partial charge is 0.493 e. The fraction of sp³-hybridized carbons (Fsp3) is 0.333. The standard InChI is InChI=1S/C12H15NO4/c1-16-11-6-8(10(15)3-4-13)5-9(7-14)12(11)17-2/h5-7H,3-4,13H2,1-2H3. The lowest BCUT2D eigenvalue weighted by Crippen LogP contribution is -2.09. The van der Waals surface area contributed by atoms with E-state index in [2.05, 4.69) is 0 Å². The minimum atomic E-state index is -0.128. The Kier molecular flexibility index (Phi) is 4.66. The third kappa shape index (κ3) is 2.82. The van der Waals surface area contributed by atoms with Crippen molar-refractivity contribution < 1.29 is 19.1 Å². The quantitative estimate of drug-likeness (QED) is 0.591. The summed E-state index contributed by atoms with van der Waals surface area (Å²) in [4.78, 5) is 22.6. The maximum Gasteiger partial charge on any atom is 0.171 e. The molecule has 0 aliphatic rings. The second-order valence-corrected chi connectivity index (χ2v) is 3.38. The van der Waals surface area contributed by atoms with E-state index in [1.165, 1.54) is 20.3 Å². The highest BCUT2D eigenvalue weighted by Crippen LogP contribution is 2.31. The lowest BCUT2D eigenvalue weighted by atomic mass is 10.0.